The van der Waals surface area contributed by atoms with Gasteiger partial charge in [-0.05, 0) is 19.4 Å². The van der Waals surface area contributed by atoms with Gasteiger partial charge in [0.2, 0.25) is 0 Å². The number of hydrogen-bond acceptors (Lipinski definition) is 4. The smallest absolute Gasteiger partial charge is 0.191 e. The van der Waals surface area contributed by atoms with Crippen LogP contribution in [0.4, 0.5) is 0 Å². The van der Waals surface area contributed by atoms with E-state index in [9.17, 15) is 0 Å². The zero-order valence-electron chi connectivity index (χ0n) is 10.8. The first-order valence-electron chi connectivity index (χ1n) is 5.84. The van der Waals surface area contributed by atoms with Gasteiger partial charge >= 0.3 is 0 Å². The fourth-order valence-corrected chi connectivity index (χ4v) is 2.68. The fraction of sp³-hybridized carbons (Fsp3) is 0.385. The molecule has 4 nitrogen and oxygen atoms in total. The highest BCUT2D eigenvalue weighted by molar-refractivity contribution is 7.99. The Morgan fingerprint density at radius 2 is 2.17 bits per heavy atom. The van der Waals surface area contributed by atoms with Crippen LogP contribution in [0, 0.1) is 6.92 Å². The van der Waals surface area contributed by atoms with Gasteiger partial charge in [0.15, 0.2) is 11.0 Å². The quantitative estimate of drug-likeness (QED) is 0.861. The number of thioether (sulfide) groups is 1. The van der Waals surface area contributed by atoms with Crippen LogP contribution in [0.5, 0.6) is 0 Å². The lowest BCUT2D eigenvalue weighted by molar-refractivity contribution is 0.266. The normalized spacial score (nSPS) is 12.7. The molecule has 0 aliphatic heterocycles. The lowest BCUT2D eigenvalue weighted by atomic mass is 10.1. The molecule has 0 fully saturated rings. The van der Waals surface area contributed by atoms with E-state index in [0.717, 1.165) is 5.16 Å². The molecular formula is C13H17N3OS. The van der Waals surface area contributed by atoms with Crippen molar-refractivity contribution in [1.82, 2.24) is 14.8 Å². The summed E-state index contributed by atoms with van der Waals surface area (Å²) in [4.78, 5) is 0. The lowest BCUT2D eigenvalue weighted by Gasteiger charge is -2.11. The average Bonchev–Trinajstić information content (AvgIpc) is 2.70. The van der Waals surface area contributed by atoms with Gasteiger partial charge in [0.25, 0.3) is 0 Å². The average molecular weight is 263 g/mol. The van der Waals surface area contributed by atoms with Crippen LogP contribution in [0.1, 0.15) is 29.1 Å². The van der Waals surface area contributed by atoms with Crippen LogP contribution in [0.15, 0.2) is 29.4 Å². The van der Waals surface area contributed by atoms with Crippen LogP contribution in [0.25, 0.3) is 0 Å². The Morgan fingerprint density at radius 1 is 1.39 bits per heavy atom. The molecule has 2 aromatic rings. The molecule has 0 amide bonds. The number of rotatable bonds is 4. The molecule has 1 N–H and O–H groups in total. The summed E-state index contributed by atoms with van der Waals surface area (Å²) in [6, 6.07) is 8.46. The maximum absolute atomic E-state index is 9.09. The second kappa shape index (κ2) is 5.54. The molecule has 1 aromatic heterocycles. The van der Waals surface area contributed by atoms with Crippen molar-refractivity contribution in [2.75, 3.05) is 0 Å². The van der Waals surface area contributed by atoms with Crippen molar-refractivity contribution in [2.45, 2.75) is 30.9 Å². The molecule has 96 valence electrons. The molecule has 1 atom stereocenters. The largest absolute Gasteiger partial charge is 0.388 e. The SMILES string of the molecule is Cc1cccc(C(C)Sc2nnc(CO)n2C)c1. The third-order valence-corrected chi connectivity index (χ3v) is 4.05. The molecule has 0 bridgehead atoms. The molecule has 1 heterocycles. The number of nitrogens with zero attached hydrogens (tertiary/aromatic N) is 3. The standard InChI is InChI=1S/C13H17N3OS/c1-9-5-4-6-11(7-9)10(2)18-13-15-14-12(8-17)16(13)3/h4-7,10,17H,8H2,1-3H3. The van der Waals surface area contributed by atoms with Crippen LogP contribution in [0.3, 0.4) is 0 Å². The zero-order chi connectivity index (χ0) is 13.1. The van der Waals surface area contributed by atoms with E-state index in [1.54, 1.807) is 11.8 Å². The minimum absolute atomic E-state index is 0.0805. The third-order valence-electron chi connectivity index (χ3n) is 2.86. The van der Waals surface area contributed by atoms with Crippen molar-refractivity contribution in [2.24, 2.45) is 7.05 Å². The zero-order valence-corrected chi connectivity index (χ0v) is 11.6. The highest BCUT2D eigenvalue weighted by Gasteiger charge is 2.13. The van der Waals surface area contributed by atoms with E-state index in [0.29, 0.717) is 11.1 Å². The number of aryl methyl sites for hydroxylation is 1. The second-order valence-electron chi connectivity index (χ2n) is 4.29. The number of aromatic nitrogens is 3. The van der Waals surface area contributed by atoms with E-state index < -0.39 is 0 Å². The first-order chi connectivity index (χ1) is 8.61. The van der Waals surface area contributed by atoms with Crippen molar-refractivity contribution in [3.05, 3.63) is 41.2 Å². The molecule has 1 unspecified atom stereocenters. The molecule has 2 rings (SSSR count). The highest BCUT2D eigenvalue weighted by atomic mass is 32.2. The molecule has 0 spiro atoms. The third kappa shape index (κ3) is 2.73. The maximum atomic E-state index is 9.09. The molecule has 0 aliphatic carbocycles. The Morgan fingerprint density at radius 3 is 2.78 bits per heavy atom. The Kier molecular flexibility index (Phi) is 4.04. The maximum Gasteiger partial charge on any atom is 0.191 e. The van der Waals surface area contributed by atoms with Gasteiger partial charge < -0.3 is 9.67 Å². The summed E-state index contributed by atoms with van der Waals surface area (Å²) in [5.41, 5.74) is 2.53. The van der Waals surface area contributed by atoms with E-state index in [4.69, 9.17) is 5.11 Å². The van der Waals surface area contributed by atoms with Crippen molar-refractivity contribution in [1.29, 1.82) is 0 Å². The monoisotopic (exact) mass is 263 g/mol. The van der Waals surface area contributed by atoms with E-state index in [2.05, 4.69) is 48.3 Å². The predicted molar refractivity (Wildman–Crippen MR) is 72.4 cm³/mol. The van der Waals surface area contributed by atoms with Gasteiger partial charge in [-0.3, -0.25) is 0 Å². The molecule has 0 radical (unpaired) electrons. The van der Waals surface area contributed by atoms with Crippen LogP contribution < -0.4 is 0 Å². The second-order valence-corrected chi connectivity index (χ2v) is 5.60. The van der Waals surface area contributed by atoms with Gasteiger partial charge in [-0.2, -0.15) is 0 Å². The van der Waals surface area contributed by atoms with E-state index in [-0.39, 0.29) is 6.61 Å². The summed E-state index contributed by atoms with van der Waals surface area (Å²) in [6.07, 6.45) is 0. The number of hydrogen-bond donors (Lipinski definition) is 1. The number of aliphatic hydroxyl groups excluding tert-OH is 1. The first kappa shape index (κ1) is 13.1. The van der Waals surface area contributed by atoms with Gasteiger partial charge in [-0.15, -0.1) is 10.2 Å². The van der Waals surface area contributed by atoms with Gasteiger partial charge in [-0.25, -0.2) is 0 Å². The van der Waals surface area contributed by atoms with Gasteiger partial charge in [0.1, 0.15) is 6.61 Å². The van der Waals surface area contributed by atoms with E-state index in [1.807, 2.05) is 11.6 Å². The van der Waals surface area contributed by atoms with Crippen LogP contribution in [0.2, 0.25) is 0 Å². The molecule has 0 saturated heterocycles. The van der Waals surface area contributed by atoms with Crippen LogP contribution in [-0.2, 0) is 13.7 Å². The summed E-state index contributed by atoms with van der Waals surface area (Å²) < 4.78 is 1.83. The molecular weight excluding hydrogens is 246 g/mol. The van der Waals surface area contributed by atoms with E-state index in [1.165, 1.54) is 11.1 Å². The van der Waals surface area contributed by atoms with Crippen molar-refractivity contribution in [3.8, 4) is 0 Å². The molecule has 5 heteroatoms. The Balaban J connectivity index is 2.16. The summed E-state index contributed by atoms with van der Waals surface area (Å²) in [6.45, 7) is 4.16. The van der Waals surface area contributed by atoms with Crippen molar-refractivity contribution < 1.29 is 5.11 Å². The molecule has 0 saturated carbocycles. The van der Waals surface area contributed by atoms with Crippen molar-refractivity contribution >= 4 is 11.8 Å². The van der Waals surface area contributed by atoms with Crippen LogP contribution in [-0.4, -0.2) is 19.9 Å². The van der Waals surface area contributed by atoms with Crippen LogP contribution >= 0.6 is 11.8 Å². The Labute approximate surface area is 111 Å². The Bertz CT molecular complexity index is 539. The lowest BCUT2D eigenvalue weighted by Crippen LogP contribution is -1.99. The number of aliphatic hydroxyl groups is 1. The van der Waals surface area contributed by atoms with Gasteiger partial charge in [-0.1, -0.05) is 41.6 Å². The van der Waals surface area contributed by atoms with Gasteiger partial charge in [0.05, 0.1) is 0 Å². The molecule has 18 heavy (non-hydrogen) atoms. The summed E-state index contributed by atoms with van der Waals surface area (Å²) in [7, 11) is 1.87. The Hall–Kier alpha value is -1.33. The number of benzene rings is 1. The topological polar surface area (TPSA) is 50.9 Å². The van der Waals surface area contributed by atoms with E-state index >= 15 is 0 Å². The first-order valence-corrected chi connectivity index (χ1v) is 6.72. The van der Waals surface area contributed by atoms with Crippen molar-refractivity contribution in [3.63, 3.8) is 0 Å². The van der Waals surface area contributed by atoms with Gasteiger partial charge in [0, 0.05) is 12.3 Å². The summed E-state index contributed by atoms with van der Waals surface area (Å²) >= 11 is 1.65. The highest BCUT2D eigenvalue weighted by Crippen LogP contribution is 2.33. The fourth-order valence-electron chi connectivity index (χ4n) is 1.73. The summed E-state index contributed by atoms with van der Waals surface area (Å²) in [5, 5.41) is 18.2. The molecule has 0 aliphatic rings. The minimum Gasteiger partial charge on any atom is -0.388 e. The molecule has 1 aromatic carbocycles. The predicted octanol–water partition coefficient (Wildman–Crippen LogP) is 2.47. The summed E-state index contributed by atoms with van der Waals surface area (Å²) in [5.74, 6) is 0.592. The minimum atomic E-state index is -0.0805.